The van der Waals surface area contributed by atoms with Crippen LogP contribution in [-0.2, 0) is 0 Å². The van der Waals surface area contributed by atoms with Crippen LogP contribution in [0, 0.1) is 13.8 Å². The lowest BCUT2D eigenvalue weighted by Crippen LogP contribution is -1.98. The molecule has 6 aromatic rings. The Bertz CT molecular complexity index is 1550. The highest BCUT2D eigenvalue weighted by molar-refractivity contribution is 6.13. The molecule has 0 saturated carbocycles. The van der Waals surface area contributed by atoms with Crippen molar-refractivity contribution < 1.29 is 0 Å². The van der Waals surface area contributed by atoms with Crippen LogP contribution in [-0.4, -0.2) is 14.4 Å². The lowest BCUT2D eigenvalue weighted by molar-refractivity contribution is 1.21. The van der Waals surface area contributed by atoms with Gasteiger partial charge in [0.15, 0.2) is 0 Å². The number of rotatable bonds is 1. The third kappa shape index (κ3) is 2.24. The molecule has 0 spiro atoms. The molecule has 3 nitrogen and oxygen atoms in total. The van der Waals surface area contributed by atoms with Gasteiger partial charge in [0.2, 0.25) is 0 Å². The van der Waals surface area contributed by atoms with Crippen LogP contribution in [0.15, 0.2) is 79.0 Å². The van der Waals surface area contributed by atoms with Crippen molar-refractivity contribution in [1.82, 2.24) is 14.4 Å². The fourth-order valence-electron chi connectivity index (χ4n) is 4.54. The summed E-state index contributed by atoms with van der Waals surface area (Å²) in [5, 5.41) is 4.64. The number of para-hydroxylation sites is 1. The first kappa shape index (κ1) is 16.3. The number of benzene rings is 3. The number of pyridine rings is 2. The molecule has 29 heavy (non-hydrogen) atoms. The topological polar surface area (TPSA) is 30.2 Å². The van der Waals surface area contributed by atoms with Crippen molar-refractivity contribution in [3.8, 4) is 11.3 Å². The Kier molecular flexibility index (Phi) is 3.30. The van der Waals surface area contributed by atoms with Crippen LogP contribution in [0.25, 0.3) is 49.6 Å². The van der Waals surface area contributed by atoms with E-state index in [0.717, 1.165) is 38.7 Å². The number of hydrogen-bond acceptors (Lipinski definition) is 2. The summed E-state index contributed by atoms with van der Waals surface area (Å²) in [5.41, 5.74) is 7.71. The Morgan fingerprint density at radius 1 is 0.690 bits per heavy atom. The molecule has 0 amide bonds. The smallest absolute Gasteiger partial charge is 0.147 e. The van der Waals surface area contributed by atoms with Crippen LogP contribution in [0.3, 0.4) is 0 Å². The van der Waals surface area contributed by atoms with Crippen molar-refractivity contribution in [1.29, 1.82) is 0 Å². The molecule has 0 aliphatic heterocycles. The summed E-state index contributed by atoms with van der Waals surface area (Å²) in [6.45, 7) is 4.32. The van der Waals surface area contributed by atoms with Crippen molar-refractivity contribution in [3.05, 3.63) is 90.1 Å². The Morgan fingerprint density at radius 3 is 2.24 bits per heavy atom. The third-order valence-electron chi connectivity index (χ3n) is 5.87. The summed E-state index contributed by atoms with van der Waals surface area (Å²) in [6, 6.07) is 25.5. The lowest BCUT2D eigenvalue weighted by atomic mass is 10.00. The minimum absolute atomic E-state index is 0.951. The van der Waals surface area contributed by atoms with Gasteiger partial charge in [-0.05, 0) is 42.5 Å². The molecule has 0 aliphatic carbocycles. The van der Waals surface area contributed by atoms with Crippen LogP contribution in [0.1, 0.15) is 11.1 Å². The van der Waals surface area contributed by atoms with Gasteiger partial charge in [0.1, 0.15) is 11.3 Å². The molecule has 0 bridgehead atoms. The number of hydrogen-bond donors (Lipinski definition) is 0. The normalized spacial score (nSPS) is 11.8. The first-order valence-electron chi connectivity index (χ1n) is 9.86. The second-order valence-electron chi connectivity index (χ2n) is 7.67. The molecule has 0 atom stereocenters. The Balaban J connectivity index is 1.90. The van der Waals surface area contributed by atoms with Gasteiger partial charge in [-0.25, -0.2) is 9.97 Å². The molecule has 3 heterocycles. The van der Waals surface area contributed by atoms with Crippen LogP contribution in [0.5, 0.6) is 0 Å². The monoisotopic (exact) mass is 373 g/mol. The van der Waals surface area contributed by atoms with E-state index in [0.29, 0.717) is 0 Å². The predicted octanol–water partition coefficient (Wildman–Crippen LogP) is 6.47. The summed E-state index contributed by atoms with van der Waals surface area (Å²) in [4.78, 5) is 9.96. The van der Waals surface area contributed by atoms with Gasteiger partial charge in [0, 0.05) is 21.7 Å². The molecule has 0 N–H and O–H groups in total. The standard InChI is InChI=1S/C26H19N3/c1-16-8-7-9-17(2)24(16)23-15-27-25-20-12-5-4-11-19(20)21-14-18-10-3-6-13-22(18)28-26(21)29(23)25/h3-15H,1-2H3. The van der Waals surface area contributed by atoms with Crippen LogP contribution >= 0.6 is 0 Å². The van der Waals surface area contributed by atoms with Crippen molar-refractivity contribution in [2.24, 2.45) is 0 Å². The number of aromatic nitrogens is 3. The largest absolute Gasteiger partial charge is 0.276 e. The van der Waals surface area contributed by atoms with Gasteiger partial charge >= 0.3 is 0 Å². The van der Waals surface area contributed by atoms with E-state index in [-0.39, 0.29) is 0 Å². The van der Waals surface area contributed by atoms with Gasteiger partial charge in [-0.15, -0.1) is 0 Å². The maximum atomic E-state index is 5.10. The van der Waals surface area contributed by atoms with Crippen molar-refractivity contribution >= 4 is 38.4 Å². The average molecular weight is 373 g/mol. The number of fused-ring (bicyclic) bond motifs is 7. The van der Waals surface area contributed by atoms with E-state index in [1.54, 1.807) is 0 Å². The molecular weight excluding hydrogens is 354 g/mol. The van der Waals surface area contributed by atoms with E-state index in [2.05, 4.69) is 85.0 Å². The molecule has 0 aliphatic rings. The minimum Gasteiger partial charge on any atom is -0.276 e. The quantitative estimate of drug-likeness (QED) is 0.244. The van der Waals surface area contributed by atoms with Crippen molar-refractivity contribution in [2.75, 3.05) is 0 Å². The van der Waals surface area contributed by atoms with E-state index in [1.165, 1.54) is 22.1 Å². The van der Waals surface area contributed by atoms with E-state index >= 15 is 0 Å². The predicted molar refractivity (Wildman–Crippen MR) is 120 cm³/mol. The Morgan fingerprint density at radius 2 is 1.41 bits per heavy atom. The van der Waals surface area contributed by atoms with E-state index in [4.69, 9.17) is 9.97 Å². The number of aryl methyl sites for hydroxylation is 2. The van der Waals surface area contributed by atoms with E-state index in [9.17, 15) is 0 Å². The zero-order chi connectivity index (χ0) is 19.5. The molecule has 0 saturated heterocycles. The van der Waals surface area contributed by atoms with Crippen molar-refractivity contribution in [3.63, 3.8) is 0 Å². The van der Waals surface area contributed by atoms with E-state index < -0.39 is 0 Å². The summed E-state index contributed by atoms with van der Waals surface area (Å²) < 4.78 is 2.24. The van der Waals surface area contributed by atoms with Crippen LogP contribution < -0.4 is 0 Å². The van der Waals surface area contributed by atoms with Gasteiger partial charge in [0.05, 0.1) is 17.4 Å². The molecule has 3 aromatic heterocycles. The molecule has 0 radical (unpaired) electrons. The van der Waals surface area contributed by atoms with Crippen LogP contribution in [0.2, 0.25) is 0 Å². The molecule has 6 rings (SSSR count). The molecule has 3 aromatic carbocycles. The second kappa shape index (κ2) is 5.89. The van der Waals surface area contributed by atoms with Gasteiger partial charge in [-0.1, -0.05) is 60.7 Å². The lowest BCUT2D eigenvalue weighted by Gasteiger charge is -2.13. The van der Waals surface area contributed by atoms with Crippen LogP contribution in [0.4, 0.5) is 0 Å². The maximum absolute atomic E-state index is 5.10. The fourth-order valence-corrected chi connectivity index (χ4v) is 4.54. The Hall–Kier alpha value is -3.72. The molecule has 0 fully saturated rings. The zero-order valence-electron chi connectivity index (χ0n) is 16.3. The van der Waals surface area contributed by atoms with Gasteiger partial charge in [0.25, 0.3) is 0 Å². The summed E-state index contributed by atoms with van der Waals surface area (Å²) >= 11 is 0. The van der Waals surface area contributed by atoms with Gasteiger partial charge < -0.3 is 0 Å². The third-order valence-corrected chi connectivity index (χ3v) is 5.87. The SMILES string of the molecule is Cc1cccc(C)c1-c1cnc2c3ccccc3c3cc4ccccc4nc3n12. The number of imidazole rings is 1. The van der Waals surface area contributed by atoms with E-state index in [1.807, 2.05) is 12.3 Å². The summed E-state index contributed by atoms with van der Waals surface area (Å²) in [6.07, 6.45) is 1.99. The second-order valence-corrected chi connectivity index (χ2v) is 7.67. The molecular formula is C26H19N3. The first-order valence-corrected chi connectivity index (χ1v) is 9.86. The fraction of sp³-hybridized carbons (Fsp3) is 0.0769. The molecule has 3 heteroatoms. The van der Waals surface area contributed by atoms with Gasteiger partial charge in [-0.2, -0.15) is 0 Å². The van der Waals surface area contributed by atoms with Crippen molar-refractivity contribution in [2.45, 2.75) is 13.8 Å². The molecule has 0 unspecified atom stereocenters. The summed E-state index contributed by atoms with van der Waals surface area (Å²) in [5.74, 6) is 0. The highest BCUT2D eigenvalue weighted by atomic mass is 15.1. The first-order chi connectivity index (χ1) is 14.2. The highest BCUT2D eigenvalue weighted by Gasteiger charge is 2.17. The van der Waals surface area contributed by atoms with Gasteiger partial charge in [-0.3, -0.25) is 4.40 Å². The number of nitrogens with zero attached hydrogens (tertiary/aromatic N) is 3. The average Bonchev–Trinajstić information content (AvgIpc) is 3.18. The maximum Gasteiger partial charge on any atom is 0.147 e. The highest BCUT2D eigenvalue weighted by Crippen LogP contribution is 2.35. The Labute approximate surface area is 168 Å². The summed E-state index contributed by atoms with van der Waals surface area (Å²) in [7, 11) is 0. The zero-order valence-corrected chi connectivity index (χ0v) is 16.3. The molecule has 138 valence electrons. The minimum atomic E-state index is 0.951.